The lowest BCUT2D eigenvalue weighted by Gasteiger charge is -1.99. The van der Waals surface area contributed by atoms with Crippen LogP contribution in [0.25, 0.3) is 0 Å². The first-order valence-corrected chi connectivity index (χ1v) is 6.55. The summed E-state index contributed by atoms with van der Waals surface area (Å²) in [5.74, 6) is 0. The normalized spacial score (nSPS) is 28.0. The van der Waals surface area contributed by atoms with Crippen molar-refractivity contribution in [3.05, 3.63) is 48.6 Å². The molecule has 0 N–H and O–H groups in total. The molecule has 0 aromatic rings. The number of hydrogen-bond donors (Lipinski definition) is 0. The van der Waals surface area contributed by atoms with Crippen LogP contribution < -0.4 is 0 Å². The molecule has 0 aromatic heterocycles. The Kier molecular flexibility index (Phi) is 8.53. The first-order chi connectivity index (χ1) is 8.00. The fraction of sp³-hybridized carbons (Fsp3) is 0.500. The minimum absolute atomic E-state index is 1.11. The van der Waals surface area contributed by atoms with Crippen LogP contribution in [0.1, 0.15) is 51.4 Å². The summed E-state index contributed by atoms with van der Waals surface area (Å²) in [4.78, 5) is 0. The van der Waals surface area contributed by atoms with Crippen molar-refractivity contribution in [3.8, 4) is 0 Å². The van der Waals surface area contributed by atoms with Crippen LogP contribution in [0.5, 0.6) is 0 Å². The zero-order valence-corrected chi connectivity index (χ0v) is 10.2. The van der Waals surface area contributed by atoms with Crippen LogP contribution >= 0.6 is 0 Å². The lowest BCUT2D eigenvalue weighted by Crippen LogP contribution is -1.79. The van der Waals surface area contributed by atoms with Crippen molar-refractivity contribution in [1.82, 2.24) is 0 Å². The molecule has 1 aliphatic rings. The van der Waals surface area contributed by atoms with E-state index in [1.165, 1.54) is 44.9 Å². The van der Waals surface area contributed by atoms with Gasteiger partial charge in [0, 0.05) is 0 Å². The number of allylic oxidation sites excluding steroid dienone is 8. The molecule has 0 heterocycles. The smallest absolute Gasteiger partial charge is 0.0276 e. The van der Waals surface area contributed by atoms with E-state index in [1.807, 2.05) is 6.08 Å². The molecule has 0 nitrogen and oxygen atoms in total. The molecule has 0 fully saturated rings. The molecule has 1 aliphatic carbocycles. The van der Waals surface area contributed by atoms with Crippen molar-refractivity contribution in [2.24, 2.45) is 0 Å². The highest BCUT2D eigenvalue weighted by molar-refractivity contribution is 5.14. The van der Waals surface area contributed by atoms with Crippen LogP contribution in [0, 0.1) is 6.08 Å². The first-order valence-electron chi connectivity index (χ1n) is 6.55. The van der Waals surface area contributed by atoms with Crippen LogP contribution in [-0.4, -0.2) is 0 Å². The third kappa shape index (κ3) is 8.28. The molecular formula is C16H23. The van der Waals surface area contributed by atoms with E-state index in [4.69, 9.17) is 0 Å². The summed E-state index contributed by atoms with van der Waals surface area (Å²) in [6, 6.07) is 0. The van der Waals surface area contributed by atoms with E-state index >= 15 is 0 Å². The number of rotatable bonds is 0. The Hall–Kier alpha value is -1.04. The average molecular weight is 215 g/mol. The molecule has 0 amide bonds. The Labute approximate surface area is 100 Å². The van der Waals surface area contributed by atoms with Crippen LogP contribution in [0.3, 0.4) is 0 Å². The molecular weight excluding hydrogens is 192 g/mol. The van der Waals surface area contributed by atoms with E-state index in [9.17, 15) is 0 Å². The van der Waals surface area contributed by atoms with Crippen molar-refractivity contribution in [2.75, 3.05) is 0 Å². The largest absolute Gasteiger partial charge is 0.0845 e. The number of hydrogen-bond acceptors (Lipinski definition) is 0. The second-order valence-corrected chi connectivity index (χ2v) is 4.23. The molecule has 1 rings (SSSR count). The minimum Gasteiger partial charge on any atom is -0.0845 e. The van der Waals surface area contributed by atoms with Gasteiger partial charge in [-0.1, -0.05) is 68.2 Å². The van der Waals surface area contributed by atoms with Gasteiger partial charge in [-0.3, -0.25) is 0 Å². The summed E-state index contributed by atoms with van der Waals surface area (Å²) in [5.41, 5.74) is 0. The van der Waals surface area contributed by atoms with Crippen LogP contribution in [0.2, 0.25) is 0 Å². The van der Waals surface area contributed by atoms with Crippen LogP contribution in [0.4, 0.5) is 0 Å². The Balaban J connectivity index is 2.31. The Morgan fingerprint density at radius 2 is 1.31 bits per heavy atom. The van der Waals surface area contributed by atoms with Gasteiger partial charge in [-0.2, -0.15) is 0 Å². The van der Waals surface area contributed by atoms with Crippen molar-refractivity contribution in [2.45, 2.75) is 51.4 Å². The fourth-order valence-electron chi connectivity index (χ4n) is 1.77. The maximum absolute atomic E-state index is 3.30. The summed E-state index contributed by atoms with van der Waals surface area (Å²) in [5, 5.41) is 0. The van der Waals surface area contributed by atoms with Crippen molar-refractivity contribution in [3.63, 3.8) is 0 Å². The highest BCUT2D eigenvalue weighted by Crippen LogP contribution is 2.09. The van der Waals surface area contributed by atoms with E-state index in [0.29, 0.717) is 0 Å². The highest BCUT2D eigenvalue weighted by atomic mass is 14.0. The Bertz CT molecular complexity index is 225. The van der Waals surface area contributed by atoms with Crippen LogP contribution in [0.15, 0.2) is 42.5 Å². The molecule has 87 valence electrons. The summed E-state index contributed by atoms with van der Waals surface area (Å²) in [6.07, 6.45) is 28.5. The zero-order chi connectivity index (χ0) is 11.3. The topological polar surface area (TPSA) is 0 Å². The maximum Gasteiger partial charge on any atom is -0.0276 e. The predicted molar refractivity (Wildman–Crippen MR) is 72.2 cm³/mol. The second kappa shape index (κ2) is 10.5. The summed E-state index contributed by atoms with van der Waals surface area (Å²) >= 11 is 0. The molecule has 0 bridgehead atoms. The molecule has 0 aromatic carbocycles. The van der Waals surface area contributed by atoms with E-state index in [1.54, 1.807) is 0 Å². The van der Waals surface area contributed by atoms with E-state index in [-0.39, 0.29) is 0 Å². The zero-order valence-electron chi connectivity index (χ0n) is 10.2. The molecule has 0 atom stereocenters. The summed E-state index contributed by atoms with van der Waals surface area (Å²) < 4.78 is 0. The average Bonchev–Trinajstić information content (AvgIpc) is 2.29. The second-order valence-electron chi connectivity index (χ2n) is 4.23. The van der Waals surface area contributed by atoms with Crippen LogP contribution in [-0.2, 0) is 0 Å². The van der Waals surface area contributed by atoms with Gasteiger partial charge in [0.15, 0.2) is 0 Å². The van der Waals surface area contributed by atoms with Gasteiger partial charge in [0.1, 0.15) is 0 Å². The van der Waals surface area contributed by atoms with Gasteiger partial charge in [0.2, 0.25) is 0 Å². The third-order valence-corrected chi connectivity index (χ3v) is 2.74. The van der Waals surface area contributed by atoms with Gasteiger partial charge in [-0.05, 0) is 31.8 Å². The molecule has 0 unspecified atom stereocenters. The maximum atomic E-state index is 3.30. The SMILES string of the molecule is [C]1=C/C=C/C=C\C=C\CCCCCCCC/1. The molecule has 0 spiro atoms. The highest BCUT2D eigenvalue weighted by Gasteiger charge is 1.89. The monoisotopic (exact) mass is 215 g/mol. The third-order valence-electron chi connectivity index (χ3n) is 2.74. The predicted octanol–water partition coefficient (Wildman–Crippen LogP) is 5.15. The van der Waals surface area contributed by atoms with Gasteiger partial charge in [-0.15, -0.1) is 0 Å². The molecule has 0 saturated heterocycles. The van der Waals surface area contributed by atoms with Gasteiger partial charge in [-0.25, -0.2) is 0 Å². The van der Waals surface area contributed by atoms with Gasteiger partial charge < -0.3 is 0 Å². The van der Waals surface area contributed by atoms with E-state index in [2.05, 4.69) is 42.5 Å². The lowest BCUT2D eigenvalue weighted by molar-refractivity contribution is 0.598. The molecule has 0 heteroatoms. The molecule has 1 radical (unpaired) electrons. The molecule has 0 saturated carbocycles. The standard InChI is InChI=1S/C16H23/c1-2-4-6-8-10-12-14-16-15-13-11-9-7-5-3-1/h1-7H,8,10-16H2/b2-1-,5-3+,6-4+,9-7?. The van der Waals surface area contributed by atoms with Crippen molar-refractivity contribution in [1.29, 1.82) is 0 Å². The van der Waals surface area contributed by atoms with Crippen molar-refractivity contribution < 1.29 is 0 Å². The molecule has 16 heavy (non-hydrogen) atoms. The van der Waals surface area contributed by atoms with Crippen molar-refractivity contribution >= 4 is 0 Å². The summed E-state index contributed by atoms with van der Waals surface area (Å²) in [6.45, 7) is 0. The first kappa shape index (κ1) is 13.0. The molecule has 0 aliphatic heterocycles. The van der Waals surface area contributed by atoms with E-state index < -0.39 is 0 Å². The van der Waals surface area contributed by atoms with Gasteiger partial charge in [0.05, 0.1) is 0 Å². The lowest BCUT2D eigenvalue weighted by atomic mass is 10.1. The van der Waals surface area contributed by atoms with Gasteiger partial charge >= 0.3 is 0 Å². The Morgan fingerprint density at radius 3 is 2.25 bits per heavy atom. The van der Waals surface area contributed by atoms with Gasteiger partial charge in [0.25, 0.3) is 0 Å². The van der Waals surface area contributed by atoms with E-state index in [0.717, 1.165) is 6.42 Å². The quantitative estimate of drug-likeness (QED) is 0.524. The summed E-state index contributed by atoms with van der Waals surface area (Å²) in [7, 11) is 0. The fourth-order valence-corrected chi connectivity index (χ4v) is 1.77. The Morgan fingerprint density at radius 1 is 0.625 bits per heavy atom. The minimum atomic E-state index is 1.11.